The maximum Gasteiger partial charge on any atom is 0.339 e. The van der Waals surface area contributed by atoms with E-state index in [1.807, 2.05) is 44.2 Å². The van der Waals surface area contributed by atoms with E-state index >= 15 is 0 Å². The number of ether oxygens (including phenoxy) is 2. The highest BCUT2D eigenvalue weighted by molar-refractivity contribution is 6.15. The number of carboxylic acid groups (broad SMARTS) is 1. The Balaban J connectivity index is 2.10. The first-order valence-corrected chi connectivity index (χ1v) is 7.27. The number of rotatable bonds is 6. The van der Waals surface area contributed by atoms with Crippen LogP contribution in [-0.4, -0.2) is 18.2 Å². The molecule has 1 N–H and O–H groups in total. The molecule has 0 fully saturated rings. The van der Waals surface area contributed by atoms with Crippen LogP contribution in [0.15, 0.2) is 48.7 Å². The molecule has 4 nitrogen and oxygen atoms in total. The molecule has 0 unspecified atom stereocenters. The third kappa shape index (κ3) is 4.36. The predicted molar refractivity (Wildman–Crippen MR) is 89.3 cm³/mol. The first-order valence-electron chi connectivity index (χ1n) is 7.27. The van der Waals surface area contributed by atoms with Crippen molar-refractivity contribution in [2.24, 2.45) is 0 Å². The molecule has 0 aliphatic rings. The van der Waals surface area contributed by atoms with Crippen molar-refractivity contribution >= 4 is 11.5 Å². The Morgan fingerprint density at radius 2 is 1.83 bits per heavy atom. The zero-order valence-corrected chi connectivity index (χ0v) is 13.5. The van der Waals surface area contributed by atoms with Crippen molar-refractivity contribution in [3.63, 3.8) is 0 Å². The predicted octanol–water partition coefficient (Wildman–Crippen LogP) is 3.95. The molecule has 0 bridgehead atoms. The summed E-state index contributed by atoms with van der Waals surface area (Å²) in [5.41, 5.74) is 3.92. The molecule has 0 atom stereocenters. The lowest BCUT2D eigenvalue weighted by Crippen LogP contribution is -2.01. The molecule has 2 aromatic rings. The largest absolute Gasteiger partial charge is 0.503 e. The summed E-state index contributed by atoms with van der Waals surface area (Å²) in [7, 11) is 1.43. The summed E-state index contributed by atoms with van der Waals surface area (Å²) in [5.74, 6) is -0.161. The van der Waals surface area contributed by atoms with Crippen LogP contribution in [0.4, 0.5) is 0 Å². The number of carboxylic acids is 1. The van der Waals surface area contributed by atoms with Crippen LogP contribution >= 0.6 is 0 Å². The molecule has 0 spiro atoms. The van der Waals surface area contributed by atoms with E-state index in [1.165, 1.54) is 13.4 Å². The molecule has 0 saturated carbocycles. The number of benzene rings is 2. The Bertz CT molecular complexity index is 715. The van der Waals surface area contributed by atoms with Crippen molar-refractivity contribution in [2.75, 3.05) is 7.11 Å². The first-order chi connectivity index (χ1) is 11.0. The van der Waals surface area contributed by atoms with Gasteiger partial charge in [0, 0.05) is 0 Å². The Morgan fingerprint density at radius 1 is 1.13 bits per heavy atom. The number of aryl methyl sites for hydroxylation is 2. The van der Waals surface area contributed by atoms with Crippen LogP contribution in [0.1, 0.15) is 22.3 Å². The fourth-order valence-corrected chi connectivity index (χ4v) is 2.16. The van der Waals surface area contributed by atoms with Gasteiger partial charge in [0.2, 0.25) is 0 Å². The minimum Gasteiger partial charge on any atom is -0.503 e. The van der Waals surface area contributed by atoms with E-state index in [-0.39, 0.29) is 5.57 Å². The molecule has 0 saturated heterocycles. The third-order valence-electron chi connectivity index (χ3n) is 3.47. The summed E-state index contributed by atoms with van der Waals surface area (Å²) < 4.78 is 10.7. The minimum absolute atomic E-state index is 0.120. The zero-order chi connectivity index (χ0) is 16.8. The van der Waals surface area contributed by atoms with Crippen LogP contribution in [0.5, 0.6) is 5.75 Å². The van der Waals surface area contributed by atoms with Crippen molar-refractivity contribution in [1.29, 1.82) is 0 Å². The second-order valence-corrected chi connectivity index (χ2v) is 5.33. The number of methoxy groups -OCH3 is 1. The van der Waals surface area contributed by atoms with Crippen LogP contribution in [0.25, 0.3) is 5.57 Å². The highest BCUT2D eigenvalue weighted by Crippen LogP contribution is 2.21. The van der Waals surface area contributed by atoms with Crippen molar-refractivity contribution in [3.8, 4) is 5.75 Å². The van der Waals surface area contributed by atoms with Gasteiger partial charge in [0.25, 0.3) is 0 Å². The molecule has 0 heterocycles. The van der Waals surface area contributed by atoms with E-state index in [4.69, 9.17) is 14.6 Å². The first kappa shape index (κ1) is 16.6. The third-order valence-corrected chi connectivity index (χ3v) is 3.47. The van der Waals surface area contributed by atoms with Crippen LogP contribution < -0.4 is 4.74 Å². The molecule has 0 aliphatic heterocycles. The number of hydrogen-bond donors (Lipinski definition) is 1. The molecular formula is C19H20O4. The van der Waals surface area contributed by atoms with Crippen LogP contribution in [-0.2, 0) is 16.1 Å². The Morgan fingerprint density at radius 3 is 2.43 bits per heavy atom. The second kappa shape index (κ2) is 7.49. The van der Waals surface area contributed by atoms with E-state index < -0.39 is 5.97 Å². The smallest absolute Gasteiger partial charge is 0.339 e. The summed E-state index contributed by atoms with van der Waals surface area (Å²) in [6.07, 6.45) is 1.23. The highest BCUT2D eigenvalue weighted by atomic mass is 16.5. The zero-order valence-electron chi connectivity index (χ0n) is 13.5. The summed E-state index contributed by atoms with van der Waals surface area (Å²) in [5, 5.41) is 9.16. The van der Waals surface area contributed by atoms with Crippen LogP contribution in [0, 0.1) is 13.8 Å². The van der Waals surface area contributed by atoms with Crippen molar-refractivity contribution in [3.05, 3.63) is 71.0 Å². The number of hydrogen-bond acceptors (Lipinski definition) is 3. The Hall–Kier alpha value is -2.75. The molecule has 0 radical (unpaired) electrons. The Labute approximate surface area is 136 Å². The van der Waals surface area contributed by atoms with Crippen molar-refractivity contribution < 1.29 is 19.4 Å². The van der Waals surface area contributed by atoms with Gasteiger partial charge in [0.15, 0.2) is 0 Å². The van der Waals surface area contributed by atoms with E-state index in [0.29, 0.717) is 12.2 Å². The molecule has 2 rings (SSSR count). The minimum atomic E-state index is -1.02. The molecule has 2 aromatic carbocycles. The average Bonchev–Trinajstić information content (AvgIpc) is 2.54. The molecule has 120 valence electrons. The van der Waals surface area contributed by atoms with Gasteiger partial charge in [-0.25, -0.2) is 4.79 Å². The molecular weight excluding hydrogens is 292 g/mol. The lowest BCUT2D eigenvalue weighted by atomic mass is 10.1. The molecule has 0 aliphatic carbocycles. The van der Waals surface area contributed by atoms with E-state index in [2.05, 4.69) is 0 Å². The van der Waals surface area contributed by atoms with Crippen LogP contribution in [0.3, 0.4) is 0 Å². The van der Waals surface area contributed by atoms with Gasteiger partial charge in [-0.3, -0.25) is 0 Å². The second-order valence-electron chi connectivity index (χ2n) is 5.33. The standard InChI is InChI=1S/C19H20O4/c1-13-4-5-14(2)18(10-13)23-11-15-6-8-16(9-7-15)17(12-22-3)19(20)21/h4-10,12H,11H2,1-3H3,(H,20,21)/b17-12+. The van der Waals surface area contributed by atoms with Crippen LogP contribution in [0.2, 0.25) is 0 Å². The van der Waals surface area contributed by atoms with Gasteiger partial charge in [-0.05, 0) is 42.2 Å². The van der Waals surface area contributed by atoms with Gasteiger partial charge in [0.1, 0.15) is 17.9 Å². The van der Waals surface area contributed by atoms with Gasteiger partial charge in [-0.2, -0.15) is 0 Å². The number of aliphatic carboxylic acids is 1. The quantitative estimate of drug-likeness (QED) is 0.648. The maximum atomic E-state index is 11.2. The Kier molecular flexibility index (Phi) is 5.41. The van der Waals surface area contributed by atoms with E-state index in [9.17, 15) is 4.79 Å². The van der Waals surface area contributed by atoms with Crippen molar-refractivity contribution in [1.82, 2.24) is 0 Å². The van der Waals surface area contributed by atoms with Gasteiger partial charge in [0.05, 0.1) is 13.4 Å². The topological polar surface area (TPSA) is 55.8 Å². The van der Waals surface area contributed by atoms with Gasteiger partial charge in [-0.15, -0.1) is 0 Å². The maximum absolute atomic E-state index is 11.2. The SMILES string of the molecule is CO/C=C(/C(=O)O)c1ccc(COc2cc(C)ccc2C)cc1. The fourth-order valence-electron chi connectivity index (χ4n) is 2.16. The molecule has 0 amide bonds. The molecule has 4 heteroatoms. The average molecular weight is 312 g/mol. The van der Waals surface area contributed by atoms with Gasteiger partial charge in [-0.1, -0.05) is 36.4 Å². The van der Waals surface area contributed by atoms with Gasteiger partial charge >= 0.3 is 5.97 Å². The summed E-state index contributed by atoms with van der Waals surface area (Å²) in [6.45, 7) is 4.46. The summed E-state index contributed by atoms with van der Waals surface area (Å²) in [4.78, 5) is 11.2. The normalized spacial score (nSPS) is 11.2. The van der Waals surface area contributed by atoms with Gasteiger partial charge < -0.3 is 14.6 Å². The van der Waals surface area contributed by atoms with E-state index in [0.717, 1.165) is 22.4 Å². The number of carbonyl (C=O) groups is 1. The van der Waals surface area contributed by atoms with E-state index in [1.54, 1.807) is 12.1 Å². The fraction of sp³-hybridized carbons (Fsp3) is 0.211. The monoisotopic (exact) mass is 312 g/mol. The highest BCUT2D eigenvalue weighted by Gasteiger charge is 2.10. The summed E-state index contributed by atoms with van der Waals surface area (Å²) in [6, 6.07) is 13.3. The van der Waals surface area contributed by atoms with Crippen molar-refractivity contribution in [2.45, 2.75) is 20.5 Å². The molecule has 23 heavy (non-hydrogen) atoms. The summed E-state index contributed by atoms with van der Waals surface area (Å²) >= 11 is 0. The molecule has 0 aromatic heterocycles. The lowest BCUT2D eigenvalue weighted by molar-refractivity contribution is -0.130. The lowest BCUT2D eigenvalue weighted by Gasteiger charge is -2.10.